The van der Waals surface area contributed by atoms with E-state index in [1.807, 2.05) is 30.3 Å². The van der Waals surface area contributed by atoms with Crippen molar-refractivity contribution >= 4 is 23.6 Å². The van der Waals surface area contributed by atoms with Gasteiger partial charge in [0.15, 0.2) is 0 Å². The van der Waals surface area contributed by atoms with Crippen molar-refractivity contribution in [3.8, 4) is 34.7 Å². The summed E-state index contributed by atoms with van der Waals surface area (Å²) in [5.74, 6) is 2.12. The summed E-state index contributed by atoms with van der Waals surface area (Å²) in [7, 11) is 0. The molecule has 2 amide bonds. The molecule has 6 nitrogen and oxygen atoms in total. The summed E-state index contributed by atoms with van der Waals surface area (Å²) >= 11 is 5.90. The van der Waals surface area contributed by atoms with Crippen LogP contribution in [-0.2, 0) is 4.84 Å². The van der Waals surface area contributed by atoms with Crippen LogP contribution < -0.4 is 5.48 Å². The van der Waals surface area contributed by atoms with E-state index in [0.717, 1.165) is 28.8 Å². The van der Waals surface area contributed by atoms with Gasteiger partial charge in [-0.1, -0.05) is 41.8 Å². The second kappa shape index (κ2) is 8.90. The van der Waals surface area contributed by atoms with E-state index < -0.39 is 12.0 Å². The minimum atomic E-state index is -0.563. The number of nitrogens with zero attached hydrogens (tertiary/aromatic N) is 2. The van der Waals surface area contributed by atoms with E-state index in [9.17, 15) is 9.59 Å². The number of rotatable bonds is 3. The predicted octanol–water partition coefficient (Wildman–Crippen LogP) is 4.54. The van der Waals surface area contributed by atoms with E-state index in [4.69, 9.17) is 22.9 Å². The third-order valence-electron chi connectivity index (χ3n) is 5.00. The van der Waals surface area contributed by atoms with Crippen LogP contribution in [0.1, 0.15) is 22.3 Å². The number of aromatic nitrogens is 1. The molecule has 0 saturated carbocycles. The third kappa shape index (κ3) is 4.52. The van der Waals surface area contributed by atoms with Gasteiger partial charge in [-0.15, -0.1) is 6.42 Å². The van der Waals surface area contributed by atoms with Gasteiger partial charge in [0.05, 0.1) is 10.7 Å². The van der Waals surface area contributed by atoms with E-state index >= 15 is 0 Å². The van der Waals surface area contributed by atoms with E-state index in [2.05, 4.69) is 16.4 Å². The van der Waals surface area contributed by atoms with E-state index in [-0.39, 0.29) is 0 Å². The maximum Gasteiger partial charge on any atom is 0.434 e. The van der Waals surface area contributed by atoms with E-state index in [1.54, 1.807) is 30.5 Å². The number of hydroxylamine groups is 1. The van der Waals surface area contributed by atoms with Crippen molar-refractivity contribution in [1.29, 1.82) is 0 Å². The fourth-order valence-corrected chi connectivity index (χ4v) is 3.24. The Morgan fingerprint density at radius 1 is 1.06 bits per heavy atom. The largest absolute Gasteiger partial charge is 0.434 e. The summed E-state index contributed by atoms with van der Waals surface area (Å²) in [5, 5.41) is 0.574. The molecule has 1 N–H and O–H groups in total. The summed E-state index contributed by atoms with van der Waals surface area (Å²) in [6.45, 7) is 1.27. The molecule has 3 aromatic rings. The smallest absolute Gasteiger partial charge is 0.321 e. The van der Waals surface area contributed by atoms with Gasteiger partial charge in [0.1, 0.15) is 0 Å². The Balaban J connectivity index is 1.54. The molecular formula is C24H18ClN3O3. The molecule has 1 aliphatic rings. The number of carbonyl (C=O) groups is 2. The standard InChI is InChI=1S/C24H18ClN3O3/c1-2-16-4-9-19(23(29)27-31-24(30)28-12-3-13-28)14-21(16)17-5-7-18(8-6-17)22-11-10-20(25)15-26-22/h1,4-11,14-15H,3,12-13H2,(H,27,29). The van der Waals surface area contributed by atoms with Crippen molar-refractivity contribution in [2.75, 3.05) is 13.1 Å². The molecule has 0 unspecified atom stereocenters. The van der Waals surface area contributed by atoms with Gasteiger partial charge in [0.25, 0.3) is 5.91 Å². The fraction of sp³-hybridized carbons (Fsp3) is 0.125. The van der Waals surface area contributed by atoms with Gasteiger partial charge in [-0.05, 0) is 47.9 Å². The van der Waals surface area contributed by atoms with Crippen LogP contribution >= 0.6 is 11.6 Å². The van der Waals surface area contributed by atoms with Crippen LogP contribution in [0.15, 0.2) is 60.8 Å². The highest BCUT2D eigenvalue weighted by molar-refractivity contribution is 6.30. The highest BCUT2D eigenvalue weighted by Crippen LogP contribution is 2.28. The van der Waals surface area contributed by atoms with Crippen LogP contribution in [0.3, 0.4) is 0 Å². The van der Waals surface area contributed by atoms with E-state index in [0.29, 0.717) is 29.2 Å². The lowest BCUT2D eigenvalue weighted by atomic mass is 9.96. The molecule has 0 radical (unpaired) electrons. The van der Waals surface area contributed by atoms with Crippen LogP contribution in [0, 0.1) is 12.3 Å². The zero-order chi connectivity index (χ0) is 21.8. The number of carbonyl (C=O) groups excluding carboxylic acids is 2. The number of likely N-dealkylation sites (tertiary alicyclic amines) is 1. The molecule has 0 bridgehead atoms. The summed E-state index contributed by atoms with van der Waals surface area (Å²) in [6.07, 6.45) is 7.62. The molecular weight excluding hydrogens is 414 g/mol. The summed E-state index contributed by atoms with van der Waals surface area (Å²) in [4.78, 5) is 34.9. The van der Waals surface area contributed by atoms with E-state index in [1.165, 1.54) is 4.90 Å². The van der Waals surface area contributed by atoms with Crippen molar-refractivity contribution in [2.24, 2.45) is 0 Å². The first-order valence-corrected chi connectivity index (χ1v) is 10.0. The second-order valence-electron chi connectivity index (χ2n) is 6.98. The van der Waals surface area contributed by atoms with Crippen molar-refractivity contribution in [3.63, 3.8) is 0 Å². The lowest BCUT2D eigenvalue weighted by Gasteiger charge is -2.29. The minimum absolute atomic E-state index is 0.328. The third-order valence-corrected chi connectivity index (χ3v) is 5.23. The van der Waals surface area contributed by atoms with Crippen LogP contribution in [0.2, 0.25) is 5.02 Å². The Morgan fingerprint density at radius 2 is 1.81 bits per heavy atom. The molecule has 1 fully saturated rings. The van der Waals surface area contributed by atoms with Crippen LogP contribution in [0.25, 0.3) is 22.4 Å². The van der Waals surface area contributed by atoms with Crippen molar-refractivity contribution in [3.05, 3.63) is 76.9 Å². The monoisotopic (exact) mass is 431 g/mol. The first kappa shape index (κ1) is 20.5. The lowest BCUT2D eigenvalue weighted by Crippen LogP contribution is -2.45. The molecule has 1 aromatic heterocycles. The quantitative estimate of drug-likeness (QED) is 0.488. The van der Waals surface area contributed by atoms with Gasteiger partial charge in [-0.3, -0.25) is 9.78 Å². The number of nitrogens with one attached hydrogen (secondary N) is 1. The molecule has 154 valence electrons. The average molecular weight is 432 g/mol. The maximum atomic E-state index is 12.5. The zero-order valence-corrected chi connectivity index (χ0v) is 17.2. The highest BCUT2D eigenvalue weighted by Gasteiger charge is 2.22. The molecule has 0 spiro atoms. The Kier molecular flexibility index (Phi) is 5.87. The first-order chi connectivity index (χ1) is 15.0. The Morgan fingerprint density at radius 3 is 2.42 bits per heavy atom. The summed E-state index contributed by atoms with van der Waals surface area (Å²) in [6, 6.07) is 16.3. The molecule has 2 aromatic carbocycles. The lowest BCUT2D eigenvalue weighted by molar-refractivity contribution is 0.0327. The maximum absolute atomic E-state index is 12.5. The molecule has 7 heteroatoms. The number of hydrogen-bond donors (Lipinski definition) is 1. The molecule has 2 heterocycles. The summed E-state index contributed by atoms with van der Waals surface area (Å²) < 4.78 is 0. The molecule has 0 atom stereocenters. The second-order valence-corrected chi connectivity index (χ2v) is 7.42. The number of halogens is 1. The Labute approximate surface area is 184 Å². The molecule has 0 aliphatic carbocycles. The van der Waals surface area contributed by atoms with Gasteiger partial charge in [0, 0.05) is 36.0 Å². The van der Waals surface area contributed by atoms with Crippen molar-refractivity contribution in [1.82, 2.24) is 15.4 Å². The average Bonchev–Trinajstić information content (AvgIpc) is 2.76. The number of hydrogen-bond acceptors (Lipinski definition) is 4. The minimum Gasteiger partial charge on any atom is -0.321 e. The number of terminal acetylenes is 1. The number of amides is 2. The van der Waals surface area contributed by atoms with Crippen LogP contribution in [0.5, 0.6) is 0 Å². The number of benzene rings is 2. The summed E-state index contributed by atoms with van der Waals surface area (Å²) in [5.41, 5.74) is 6.46. The van der Waals surface area contributed by atoms with Gasteiger partial charge in [0.2, 0.25) is 0 Å². The first-order valence-electron chi connectivity index (χ1n) is 9.64. The zero-order valence-electron chi connectivity index (χ0n) is 16.5. The predicted molar refractivity (Wildman–Crippen MR) is 118 cm³/mol. The molecule has 4 rings (SSSR count). The van der Waals surface area contributed by atoms with Crippen LogP contribution in [-0.4, -0.2) is 35.0 Å². The van der Waals surface area contributed by atoms with Crippen molar-refractivity contribution < 1.29 is 14.4 Å². The normalized spacial score (nSPS) is 12.5. The SMILES string of the molecule is C#Cc1ccc(C(=O)NOC(=O)N2CCC2)cc1-c1ccc(-c2ccc(Cl)cn2)cc1. The molecule has 31 heavy (non-hydrogen) atoms. The fourth-order valence-electron chi connectivity index (χ4n) is 3.13. The molecule has 1 saturated heterocycles. The van der Waals surface area contributed by atoms with Gasteiger partial charge < -0.3 is 9.74 Å². The number of pyridine rings is 1. The Hall–Kier alpha value is -3.82. The molecule has 1 aliphatic heterocycles. The topological polar surface area (TPSA) is 71.5 Å². The van der Waals surface area contributed by atoms with Gasteiger partial charge in [-0.25, -0.2) is 4.79 Å². The van der Waals surface area contributed by atoms with Gasteiger partial charge in [-0.2, -0.15) is 5.48 Å². The van der Waals surface area contributed by atoms with Gasteiger partial charge >= 0.3 is 6.09 Å². The Bertz CT molecular complexity index is 1160. The highest BCUT2D eigenvalue weighted by atomic mass is 35.5. The van der Waals surface area contributed by atoms with Crippen LogP contribution in [0.4, 0.5) is 4.79 Å². The van der Waals surface area contributed by atoms with Crippen molar-refractivity contribution in [2.45, 2.75) is 6.42 Å².